The van der Waals surface area contributed by atoms with Crippen LogP contribution in [0.1, 0.15) is 63.0 Å². The number of hydrogen-bond acceptors (Lipinski definition) is 8. The molecule has 14 heteroatoms. The molecular formula is C38H49Cl2N5O7. The normalized spacial score (nSPS) is 22.2. The molecule has 0 aliphatic carbocycles. The number of nitrogens with one attached hydrogen (secondary N) is 2. The number of phenolic OH excluding ortho intramolecular Hbond substituents is 1. The number of hydrogen-bond donors (Lipinski definition) is 3. The minimum absolute atomic E-state index is 0.0192. The zero-order valence-electron chi connectivity index (χ0n) is 29.7. The summed E-state index contributed by atoms with van der Waals surface area (Å²) in [6.07, 6.45) is 3.57. The SMILES string of the molecule is CCOC(=O)C[C@H]1CC(C2CCNCC2)CCN1C(=O)C(Cc1cc(Cl)c(O)c(Cl)c1)OC(=O)N1CCC(N2CCc3ccccc3NC2=O)CC1. The van der Waals surface area contributed by atoms with E-state index >= 15 is 0 Å². The molecule has 12 nitrogen and oxygen atoms in total. The number of ether oxygens (including phenoxy) is 2. The molecule has 4 amide bonds. The van der Waals surface area contributed by atoms with E-state index in [4.69, 9.17) is 32.7 Å². The molecule has 3 saturated heterocycles. The number of phenols is 1. The van der Waals surface area contributed by atoms with Gasteiger partial charge in [0.05, 0.1) is 23.1 Å². The Balaban J connectivity index is 1.16. The van der Waals surface area contributed by atoms with Gasteiger partial charge in [0, 0.05) is 50.4 Å². The van der Waals surface area contributed by atoms with E-state index in [-0.39, 0.29) is 53.3 Å². The summed E-state index contributed by atoms with van der Waals surface area (Å²) in [4.78, 5) is 59.4. The van der Waals surface area contributed by atoms with Crippen molar-refractivity contribution in [3.05, 3.63) is 57.6 Å². The number of anilines is 1. The van der Waals surface area contributed by atoms with Crippen molar-refractivity contribution in [2.45, 2.75) is 82.9 Å². The minimum Gasteiger partial charge on any atom is -0.505 e. The van der Waals surface area contributed by atoms with E-state index in [1.165, 1.54) is 12.1 Å². The number of carbonyl (C=O) groups excluding carboxylic acids is 4. The highest BCUT2D eigenvalue weighted by Gasteiger charge is 2.41. The maximum Gasteiger partial charge on any atom is 0.410 e. The number of likely N-dealkylation sites (tertiary alicyclic amines) is 2. The first kappa shape index (κ1) is 38.0. The molecule has 0 saturated carbocycles. The first-order valence-electron chi connectivity index (χ1n) is 18.6. The quantitative estimate of drug-likeness (QED) is 0.270. The molecule has 2 aromatic carbocycles. The zero-order valence-corrected chi connectivity index (χ0v) is 31.2. The fraction of sp³-hybridized carbons (Fsp3) is 0.579. The lowest BCUT2D eigenvalue weighted by Crippen LogP contribution is -2.54. The van der Waals surface area contributed by atoms with Crippen molar-refractivity contribution < 1.29 is 33.8 Å². The van der Waals surface area contributed by atoms with Crippen molar-refractivity contribution in [2.75, 3.05) is 51.2 Å². The second-order valence-electron chi connectivity index (χ2n) is 14.3. The van der Waals surface area contributed by atoms with Gasteiger partial charge >= 0.3 is 18.1 Å². The van der Waals surface area contributed by atoms with Gasteiger partial charge in [-0.05, 0) is 106 Å². The second-order valence-corrected chi connectivity index (χ2v) is 15.1. The largest absolute Gasteiger partial charge is 0.505 e. The molecule has 0 radical (unpaired) electrons. The molecule has 3 fully saturated rings. The van der Waals surface area contributed by atoms with E-state index in [1.807, 2.05) is 29.2 Å². The van der Waals surface area contributed by atoms with Crippen LogP contribution in [-0.2, 0) is 31.9 Å². The Morgan fingerprint density at radius 2 is 1.67 bits per heavy atom. The summed E-state index contributed by atoms with van der Waals surface area (Å²) in [5.74, 6) is -0.166. The molecule has 3 atom stereocenters. The van der Waals surface area contributed by atoms with Crippen LogP contribution in [0.15, 0.2) is 36.4 Å². The molecule has 4 aliphatic heterocycles. The molecule has 282 valence electrons. The number of aromatic hydroxyl groups is 1. The molecule has 4 heterocycles. The number of amides is 4. The number of esters is 1. The van der Waals surface area contributed by atoms with Gasteiger partial charge in [-0.15, -0.1) is 0 Å². The number of fused-ring (bicyclic) bond motifs is 1. The molecule has 2 aromatic rings. The predicted octanol–water partition coefficient (Wildman–Crippen LogP) is 5.86. The monoisotopic (exact) mass is 757 g/mol. The average Bonchev–Trinajstić information content (AvgIpc) is 3.31. The molecule has 0 aromatic heterocycles. The average molecular weight is 759 g/mol. The summed E-state index contributed by atoms with van der Waals surface area (Å²) in [6.45, 7) is 5.62. The fourth-order valence-electron chi connectivity index (χ4n) is 8.33. The highest BCUT2D eigenvalue weighted by atomic mass is 35.5. The van der Waals surface area contributed by atoms with Crippen LogP contribution in [0.3, 0.4) is 0 Å². The van der Waals surface area contributed by atoms with Gasteiger partial charge in [0.15, 0.2) is 11.9 Å². The lowest BCUT2D eigenvalue weighted by molar-refractivity contribution is -0.151. The second kappa shape index (κ2) is 17.4. The Kier molecular flexibility index (Phi) is 12.7. The Morgan fingerprint density at radius 1 is 0.962 bits per heavy atom. The Labute approximate surface area is 315 Å². The maximum atomic E-state index is 14.5. The summed E-state index contributed by atoms with van der Waals surface area (Å²) in [6, 6.07) is 10.2. The van der Waals surface area contributed by atoms with Crippen LogP contribution in [0, 0.1) is 11.8 Å². The lowest BCUT2D eigenvalue weighted by Gasteiger charge is -2.44. The smallest absolute Gasteiger partial charge is 0.410 e. The number of halogens is 2. The highest BCUT2D eigenvalue weighted by Crippen LogP contribution is 2.37. The molecular weight excluding hydrogens is 709 g/mol. The maximum absolute atomic E-state index is 14.5. The third kappa shape index (κ3) is 9.06. The summed E-state index contributed by atoms with van der Waals surface area (Å²) in [7, 11) is 0. The van der Waals surface area contributed by atoms with Gasteiger partial charge in [-0.2, -0.15) is 0 Å². The molecule has 3 N–H and O–H groups in total. The third-order valence-corrected chi connectivity index (χ3v) is 11.7. The van der Waals surface area contributed by atoms with E-state index in [0.717, 1.165) is 50.0 Å². The van der Waals surface area contributed by atoms with E-state index in [1.54, 1.807) is 16.7 Å². The van der Waals surface area contributed by atoms with Crippen LogP contribution >= 0.6 is 23.2 Å². The molecule has 4 aliphatic rings. The number of para-hydroxylation sites is 1. The van der Waals surface area contributed by atoms with Gasteiger partial charge in [-0.1, -0.05) is 41.4 Å². The van der Waals surface area contributed by atoms with Gasteiger partial charge in [0.1, 0.15) is 0 Å². The highest BCUT2D eigenvalue weighted by molar-refractivity contribution is 6.37. The number of benzene rings is 2. The van der Waals surface area contributed by atoms with Crippen LogP contribution in [0.5, 0.6) is 5.75 Å². The number of piperidine rings is 3. The van der Waals surface area contributed by atoms with Crippen molar-refractivity contribution in [2.24, 2.45) is 11.8 Å². The van der Waals surface area contributed by atoms with E-state index in [2.05, 4.69) is 10.6 Å². The molecule has 0 bridgehead atoms. The van der Waals surface area contributed by atoms with Crippen molar-refractivity contribution in [1.29, 1.82) is 0 Å². The molecule has 0 spiro atoms. The van der Waals surface area contributed by atoms with Crippen molar-refractivity contribution >= 4 is 52.9 Å². The Morgan fingerprint density at radius 3 is 2.38 bits per heavy atom. The summed E-state index contributed by atoms with van der Waals surface area (Å²) in [5.41, 5.74) is 2.42. The number of carbonyl (C=O) groups is 4. The van der Waals surface area contributed by atoms with Crippen LogP contribution in [0.2, 0.25) is 10.0 Å². The van der Waals surface area contributed by atoms with Crippen LogP contribution in [0.25, 0.3) is 0 Å². The van der Waals surface area contributed by atoms with Crippen LogP contribution in [-0.4, -0.2) is 108 Å². The van der Waals surface area contributed by atoms with Crippen LogP contribution < -0.4 is 10.6 Å². The van der Waals surface area contributed by atoms with Crippen LogP contribution in [0.4, 0.5) is 15.3 Å². The standard InChI is InChI=1S/C38H49Cl2N5O7/c1-2-51-34(46)23-29-22-27(25-7-13-41-14-8-25)10-17-44(29)36(48)33(21-24-19-30(39)35(47)31(40)20-24)52-38(50)43-15-11-28(12-16-43)45-18-9-26-5-3-4-6-32(26)42-37(45)49/h3-6,19-20,25,27-29,33,41,47H,2,7-18,21-23H2,1H3,(H,42,49)/t27?,29-,33?/m1/s1. The van der Waals surface area contributed by atoms with Gasteiger partial charge in [0.2, 0.25) is 0 Å². The third-order valence-electron chi connectivity index (χ3n) is 11.1. The number of urea groups is 1. The van der Waals surface area contributed by atoms with E-state index in [9.17, 15) is 24.3 Å². The molecule has 52 heavy (non-hydrogen) atoms. The number of nitrogens with zero attached hydrogens (tertiary/aromatic N) is 3. The first-order valence-corrected chi connectivity index (χ1v) is 19.3. The number of rotatable bonds is 9. The summed E-state index contributed by atoms with van der Waals surface area (Å²) in [5, 5.41) is 16.7. The van der Waals surface area contributed by atoms with E-state index in [0.29, 0.717) is 62.8 Å². The predicted molar refractivity (Wildman–Crippen MR) is 198 cm³/mol. The minimum atomic E-state index is -1.24. The topological polar surface area (TPSA) is 141 Å². The van der Waals surface area contributed by atoms with Gasteiger partial charge < -0.3 is 39.9 Å². The Hall–Kier alpha value is -3.74. The van der Waals surface area contributed by atoms with Crippen molar-refractivity contribution in [3.63, 3.8) is 0 Å². The van der Waals surface area contributed by atoms with Gasteiger partial charge in [0.25, 0.3) is 5.91 Å². The summed E-state index contributed by atoms with van der Waals surface area (Å²) >= 11 is 12.5. The first-order chi connectivity index (χ1) is 25.1. The molecule has 6 rings (SSSR count). The zero-order chi connectivity index (χ0) is 36.8. The molecule has 2 unspecified atom stereocenters. The van der Waals surface area contributed by atoms with Gasteiger partial charge in [-0.3, -0.25) is 9.59 Å². The lowest BCUT2D eigenvalue weighted by atomic mass is 9.76. The Bertz CT molecular complexity index is 1590. The van der Waals surface area contributed by atoms with E-state index < -0.39 is 24.1 Å². The van der Waals surface area contributed by atoms with Gasteiger partial charge in [-0.25, -0.2) is 9.59 Å². The summed E-state index contributed by atoms with van der Waals surface area (Å²) < 4.78 is 11.4. The van der Waals surface area contributed by atoms with Crippen molar-refractivity contribution in [1.82, 2.24) is 20.0 Å². The fourth-order valence-corrected chi connectivity index (χ4v) is 8.86. The van der Waals surface area contributed by atoms with Crippen molar-refractivity contribution in [3.8, 4) is 5.75 Å².